The predicted molar refractivity (Wildman–Crippen MR) is 120 cm³/mol. The lowest BCUT2D eigenvalue weighted by atomic mass is 9.94. The van der Waals surface area contributed by atoms with Gasteiger partial charge in [-0.2, -0.15) is 0 Å². The highest BCUT2D eigenvalue weighted by Gasteiger charge is 2.47. The summed E-state index contributed by atoms with van der Waals surface area (Å²) in [4.78, 5) is 27.7. The van der Waals surface area contributed by atoms with Crippen LogP contribution < -0.4 is 9.64 Å². The van der Waals surface area contributed by atoms with Gasteiger partial charge in [-0.05, 0) is 73.0 Å². The second-order valence-corrected chi connectivity index (χ2v) is 7.91. The van der Waals surface area contributed by atoms with E-state index in [1.54, 1.807) is 12.1 Å². The number of halogens is 2. The maximum absolute atomic E-state index is 14.0. The van der Waals surface area contributed by atoms with Crippen molar-refractivity contribution in [3.05, 3.63) is 100 Å². The maximum atomic E-state index is 14.0. The average Bonchev–Trinajstić information content (AvgIpc) is 3.03. The van der Waals surface area contributed by atoms with E-state index in [1.807, 2.05) is 19.9 Å². The van der Waals surface area contributed by atoms with Crippen molar-refractivity contribution in [3.8, 4) is 5.75 Å². The van der Waals surface area contributed by atoms with Gasteiger partial charge in [-0.25, -0.2) is 8.78 Å². The van der Waals surface area contributed by atoms with Crippen molar-refractivity contribution >= 4 is 23.1 Å². The van der Waals surface area contributed by atoms with E-state index in [4.69, 9.17) is 4.74 Å². The Morgan fingerprint density at radius 2 is 1.52 bits per heavy atom. The Morgan fingerprint density at radius 3 is 2.12 bits per heavy atom. The second-order valence-electron chi connectivity index (χ2n) is 7.91. The molecule has 1 aliphatic rings. The zero-order chi connectivity index (χ0) is 23.9. The van der Waals surface area contributed by atoms with E-state index in [9.17, 15) is 23.5 Å². The van der Waals surface area contributed by atoms with E-state index in [0.29, 0.717) is 11.3 Å². The van der Waals surface area contributed by atoms with Crippen LogP contribution in [0.1, 0.15) is 28.3 Å². The molecular weight excluding hydrogens is 428 g/mol. The van der Waals surface area contributed by atoms with Crippen LogP contribution in [0, 0.1) is 25.5 Å². The van der Waals surface area contributed by atoms with Crippen LogP contribution in [-0.4, -0.2) is 23.9 Å². The molecule has 0 bridgehead atoms. The molecule has 7 heteroatoms. The molecule has 0 aliphatic carbocycles. The number of ketones is 1. The first-order valence-electron chi connectivity index (χ1n) is 10.2. The van der Waals surface area contributed by atoms with Crippen LogP contribution in [0.5, 0.6) is 5.75 Å². The summed E-state index contributed by atoms with van der Waals surface area (Å²) in [6, 6.07) is 13.2. The van der Waals surface area contributed by atoms with Gasteiger partial charge < -0.3 is 9.84 Å². The van der Waals surface area contributed by atoms with E-state index in [1.165, 1.54) is 42.3 Å². The van der Waals surface area contributed by atoms with Crippen molar-refractivity contribution in [1.29, 1.82) is 0 Å². The maximum Gasteiger partial charge on any atom is 0.300 e. The Bertz CT molecular complexity index is 1280. The van der Waals surface area contributed by atoms with E-state index in [-0.39, 0.29) is 16.9 Å². The third-order valence-electron chi connectivity index (χ3n) is 5.53. The minimum atomic E-state index is -1.06. The van der Waals surface area contributed by atoms with Gasteiger partial charge in [-0.15, -0.1) is 0 Å². The molecule has 4 rings (SSSR count). The molecule has 3 aromatic carbocycles. The number of benzene rings is 3. The number of amides is 1. The number of hydrogen-bond donors (Lipinski definition) is 1. The highest BCUT2D eigenvalue weighted by molar-refractivity contribution is 6.51. The molecule has 3 aromatic rings. The highest BCUT2D eigenvalue weighted by atomic mass is 19.1. The molecule has 33 heavy (non-hydrogen) atoms. The summed E-state index contributed by atoms with van der Waals surface area (Å²) in [5.41, 5.74) is 2.30. The van der Waals surface area contributed by atoms with Crippen molar-refractivity contribution < 1.29 is 28.2 Å². The number of methoxy groups -OCH3 is 1. The fraction of sp³-hybridized carbons (Fsp3) is 0.154. The predicted octanol–water partition coefficient (Wildman–Crippen LogP) is 5.22. The first-order valence-corrected chi connectivity index (χ1v) is 10.2. The molecule has 168 valence electrons. The molecule has 5 nitrogen and oxygen atoms in total. The molecule has 0 aromatic heterocycles. The van der Waals surface area contributed by atoms with Gasteiger partial charge in [-0.3, -0.25) is 14.5 Å². The number of aliphatic hydroxyl groups excluding tert-OH is 1. The van der Waals surface area contributed by atoms with Crippen LogP contribution >= 0.6 is 0 Å². The van der Waals surface area contributed by atoms with Crippen LogP contribution in [-0.2, 0) is 9.59 Å². The lowest BCUT2D eigenvalue weighted by molar-refractivity contribution is -0.132. The minimum Gasteiger partial charge on any atom is -0.507 e. The van der Waals surface area contributed by atoms with Crippen LogP contribution in [0.25, 0.3) is 5.76 Å². The molecule has 1 N–H and O–H groups in total. The lowest BCUT2D eigenvalue weighted by Crippen LogP contribution is -2.29. The van der Waals surface area contributed by atoms with Crippen molar-refractivity contribution in [3.63, 3.8) is 0 Å². The number of anilines is 1. The summed E-state index contributed by atoms with van der Waals surface area (Å²) in [6.07, 6.45) is 0. The van der Waals surface area contributed by atoms with Crippen LogP contribution in [0.2, 0.25) is 0 Å². The van der Waals surface area contributed by atoms with Gasteiger partial charge in [0.1, 0.15) is 23.1 Å². The minimum absolute atomic E-state index is 0.0666. The Morgan fingerprint density at radius 1 is 0.909 bits per heavy atom. The Balaban J connectivity index is 2.00. The van der Waals surface area contributed by atoms with E-state index < -0.39 is 35.1 Å². The second kappa shape index (κ2) is 8.50. The summed E-state index contributed by atoms with van der Waals surface area (Å²) in [5, 5.41) is 11.2. The van der Waals surface area contributed by atoms with Crippen LogP contribution in [0.3, 0.4) is 0 Å². The summed E-state index contributed by atoms with van der Waals surface area (Å²) < 4.78 is 32.9. The van der Waals surface area contributed by atoms with Gasteiger partial charge in [0.2, 0.25) is 0 Å². The third-order valence-corrected chi connectivity index (χ3v) is 5.53. The SMILES string of the molecule is COc1ccc(F)cc1/C(O)=C1\C(=O)C(=O)N(c2cc(C)cc(C)c2)C1c1ccc(F)cc1. The highest BCUT2D eigenvalue weighted by Crippen LogP contribution is 2.43. The smallest absolute Gasteiger partial charge is 0.300 e. The molecule has 0 spiro atoms. The summed E-state index contributed by atoms with van der Waals surface area (Å²) in [6.45, 7) is 3.72. The molecule has 1 unspecified atom stereocenters. The number of carbonyl (C=O) groups is 2. The Labute approximate surface area is 189 Å². The van der Waals surface area contributed by atoms with Crippen molar-refractivity contribution in [2.24, 2.45) is 0 Å². The first kappa shape index (κ1) is 22.2. The van der Waals surface area contributed by atoms with E-state index >= 15 is 0 Å². The number of aryl methyl sites for hydroxylation is 2. The normalized spacial score (nSPS) is 17.5. The number of aliphatic hydroxyl groups is 1. The number of hydrogen-bond acceptors (Lipinski definition) is 4. The molecule has 1 saturated heterocycles. The molecule has 1 atom stereocenters. The molecular formula is C26H21F2NO4. The van der Waals surface area contributed by atoms with Crippen molar-refractivity contribution in [2.75, 3.05) is 12.0 Å². The van der Waals surface area contributed by atoms with Crippen molar-refractivity contribution in [2.45, 2.75) is 19.9 Å². The standard InChI is InChI=1S/C26H21F2NO4/c1-14-10-15(2)12-19(11-14)29-23(16-4-6-17(27)7-5-16)22(25(31)26(29)32)24(30)20-13-18(28)8-9-21(20)33-3/h4-13,23,30H,1-3H3/b24-22+. The number of Topliss-reactive ketones (excluding diaryl/α,β-unsaturated/α-hetero) is 1. The zero-order valence-electron chi connectivity index (χ0n) is 18.2. The molecule has 1 fully saturated rings. The van der Waals surface area contributed by atoms with Gasteiger partial charge in [0, 0.05) is 5.69 Å². The van der Waals surface area contributed by atoms with Crippen LogP contribution in [0.4, 0.5) is 14.5 Å². The number of ether oxygens (including phenoxy) is 1. The Kier molecular flexibility index (Phi) is 5.72. The van der Waals surface area contributed by atoms with E-state index in [2.05, 4.69) is 0 Å². The fourth-order valence-electron chi connectivity index (χ4n) is 4.16. The zero-order valence-corrected chi connectivity index (χ0v) is 18.2. The average molecular weight is 449 g/mol. The van der Waals surface area contributed by atoms with Crippen molar-refractivity contribution in [1.82, 2.24) is 0 Å². The van der Waals surface area contributed by atoms with E-state index in [0.717, 1.165) is 23.3 Å². The quantitative estimate of drug-likeness (QED) is 0.337. The largest absolute Gasteiger partial charge is 0.507 e. The number of rotatable bonds is 4. The third kappa shape index (κ3) is 3.98. The van der Waals surface area contributed by atoms with Crippen LogP contribution in [0.15, 0.2) is 66.2 Å². The molecule has 1 aliphatic heterocycles. The molecule has 1 heterocycles. The van der Waals surface area contributed by atoms with Gasteiger partial charge >= 0.3 is 0 Å². The monoisotopic (exact) mass is 449 g/mol. The fourth-order valence-corrected chi connectivity index (χ4v) is 4.16. The summed E-state index contributed by atoms with van der Waals surface area (Å²) in [7, 11) is 1.34. The van der Waals surface area contributed by atoms with Gasteiger partial charge in [0.25, 0.3) is 11.7 Å². The first-order chi connectivity index (χ1) is 15.7. The number of carbonyl (C=O) groups excluding carboxylic acids is 2. The van der Waals surface area contributed by atoms with Gasteiger partial charge in [0.05, 0.1) is 24.3 Å². The topological polar surface area (TPSA) is 66.8 Å². The molecule has 1 amide bonds. The summed E-state index contributed by atoms with van der Waals surface area (Å²) in [5.74, 6) is -3.39. The summed E-state index contributed by atoms with van der Waals surface area (Å²) >= 11 is 0. The number of nitrogens with zero attached hydrogens (tertiary/aromatic N) is 1. The Hall–Kier alpha value is -4.00. The molecule has 0 saturated carbocycles. The molecule has 0 radical (unpaired) electrons. The van der Waals surface area contributed by atoms with Gasteiger partial charge in [0.15, 0.2) is 0 Å². The lowest BCUT2D eigenvalue weighted by Gasteiger charge is -2.26. The van der Waals surface area contributed by atoms with Gasteiger partial charge in [-0.1, -0.05) is 18.2 Å².